The van der Waals surface area contributed by atoms with Crippen molar-refractivity contribution in [1.82, 2.24) is 0 Å². The molecule has 0 N–H and O–H groups in total. The Morgan fingerprint density at radius 1 is 0.273 bits per heavy atom. The van der Waals surface area contributed by atoms with Crippen molar-refractivity contribution in [3.63, 3.8) is 0 Å². The average Bonchev–Trinajstić information content (AvgIpc) is 3.10. The van der Waals surface area contributed by atoms with E-state index in [1.807, 2.05) is 0 Å². The maximum atomic E-state index is 14.5. The predicted molar refractivity (Wildman–Crippen MR) is 147 cm³/mol. The molecule has 0 aliphatic carbocycles. The van der Waals surface area contributed by atoms with E-state index in [9.17, 15) is 149 Å². The monoisotopic (exact) mass is 1190 g/mol. The molecule has 0 aromatic carbocycles. The third-order valence-electron chi connectivity index (χ3n) is 9.22. The lowest BCUT2D eigenvalue weighted by Gasteiger charge is -2.43. The Balaban J connectivity index is 0. The summed E-state index contributed by atoms with van der Waals surface area (Å²) in [6.45, 7) is 0. The van der Waals surface area contributed by atoms with E-state index in [4.69, 9.17) is 10.5 Å². The molecule has 0 spiro atoms. The van der Waals surface area contributed by atoms with Crippen LogP contribution < -0.4 is 24.0 Å². The van der Waals surface area contributed by atoms with E-state index in [-0.39, 0.29) is 24.0 Å². The second-order valence-electron chi connectivity index (χ2n) is 13.6. The molecule has 0 aromatic rings. The summed E-state index contributed by atoms with van der Waals surface area (Å²) in [6, 6.07) is 2.32. The number of nitrogens with zero attached hydrogens (tertiary/aromatic N) is 2. The minimum absolute atomic E-state index is 0. The van der Waals surface area contributed by atoms with Gasteiger partial charge in [0.25, 0.3) is 0 Å². The Morgan fingerprint density at radius 3 is 0.636 bits per heavy atom. The Hall–Kier alpha value is -2.24. The fraction of sp³-hybridized carbons (Fsp3) is 0.929. The molecule has 0 rings (SSSR count). The first-order valence-electron chi connectivity index (χ1n) is 16.1. The van der Waals surface area contributed by atoms with Crippen molar-refractivity contribution in [2.45, 2.75) is 134 Å². The zero-order chi connectivity index (χ0) is 53.0. The van der Waals surface area contributed by atoms with Crippen molar-refractivity contribution in [2.24, 2.45) is 0 Å². The van der Waals surface area contributed by atoms with Crippen LogP contribution in [0.5, 0.6) is 0 Å². The third-order valence-corrected chi connectivity index (χ3v) is 14.1. The molecular weight excluding hydrogens is 1170 g/mol. The summed E-state index contributed by atoms with van der Waals surface area (Å²) in [4.78, 5) is 0. The van der Waals surface area contributed by atoms with E-state index in [0.29, 0.717) is 0 Å². The van der Waals surface area contributed by atoms with E-state index < -0.39 is 166 Å². The molecule has 0 atom stereocenters. The van der Waals surface area contributed by atoms with Crippen LogP contribution in [-0.4, -0.2) is 120 Å². The Kier molecular flexibility index (Phi) is 19.1. The SMILES string of the molecule is N#CCC[P+](CCC#N)(CCCC(F)(F)C(F)(F)C(F)(F)C(F)(F)C(F)(F)C(F)(F)C(F)(F)C(F)(F)F)CCCC(F)(F)C(F)(F)C(F)(F)C(F)(F)C(F)(F)C(F)(F)C(F)(F)C(F)(F)F.[I-]. The largest absolute Gasteiger partial charge is 1.00 e. The minimum atomic E-state index is -9.02. The van der Waals surface area contributed by atoms with Gasteiger partial charge in [-0.3, -0.25) is 0 Å². The van der Waals surface area contributed by atoms with Crippen LogP contribution in [0, 0.1) is 22.7 Å². The van der Waals surface area contributed by atoms with Crippen molar-refractivity contribution in [2.75, 3.05) is 24.6 Å². The lowest BCUT2D eigenvalue weighted by molar-refractivity contribution is -0.461. The van der Waals surface area contributed by atoms with Gasteiger partial charge in [0.15, 0.2) is 0 Å². The van der Waals surface area contributed by atoms with Crippen LogP contribution in [-0.2, 0) is 0 Å². The quantitative estimate of drug-likeness (QED) is 0.0549. The molecule has 0 aliphatic heterocycles. The number of rotatable bonds is 24. The molecule has 0 saturated carbocycles. The first-order valence-corrected chi connectivity index (χ1v) is 18.6. The molecule has 0 heterocycles. The van der Waals surface area contributed by atoms with Crippen LogP contribution >= 0.6 is 7.26 Å². The lowest BCUT2D eigenvalue weighted by atomic mass is 9.88. The van der Waals surface area contributed by atoms with Crippen LogP contribution in [0.25, 0.3) is 0 Å². The first-order chi connectivity index (χ1) is 28.0. The van der Waals surface area contributed by atoms with Crippen LogP contribution in [0.1, 0.15) is 38.5 Å². The zero-order valence-corrected chi connectivity index (χ0v) is 33.7. The predicted octanol–water partition coefficient (Wildman–Crippen LogP) is 11.4. The van der Waals surface area contributed by atoms with Gasteiger partial charge in [-0.1, -0.05) is 0 Å². The highest BCUT2D eigenvalue weighted by atomic mass is 127. The molecule has 2 nitrogen and oxygen atoms in total. The molecule has 38 heteroatoms. The van der Waals surface area contributed by atoms with Crippen molar-refractivity contribution < 1.29 is 173 Å². The minimum Gasteiger partial charge on any atom is -1.00 e. The highest BCUT2D eigenvalue weighted by molar-refractivity contribution is 7.75. The normalized spacial score (nSPS) is 15.9. The maximum Gasteiger partial charge on any atom is 0.460 e. The van der Waals surface area contributed by atoms with Gasteiger partial charge in [0.2, 0.25) is 0 Å². The van der Waals surface area contributed by atoms with E-state index in [0.717, 1.165) is 12.1 Å². The molecule has 0 saturated heterocycles. The van der Waals surface area contributed by atoms with Crippen molar-refractivity contribution >= 4 is 7.26 Å². The summed E-state index contributed by atoms with van der Waals surface area (Å²) in [5.74, 6) is -119. The summed E-state index contributed by atoms with van der Waals surface area (Å²) in [5, 5.41) is 17.7. The molecule has 0 amide bonds. The summed E-state index contributed by atoms with van der Waals surface area (Å²) >= 11 is 0. The number of nitriles is 2. The fourth-order valence-corrected chi connectivity index (χ4v) is 9.37. The molecule has 0 unspecified atom stereocenters. The van der Waals surface area contributed by atoms with E-state index >= 15 is 0 Å². The Morgan fingerprint density at radius 2 is 0.455 bits per heavy atom. The molecule has 0 aliphatic rings. The topological polar surface area (TPSA) is 47.6 Å². The van der Waals surface area contributed by atoms with Crippen LogP contribution in [0.15, 0.2) is 0 Å². The number of hydrogen-bond acceptors (Lipinski definition) is 2. The average molecular weight is 1190 g/mol. The van der Waals surface area contributed by atoms with Gasteiger partial charge in [0, 0.05) is 20.1 Å². The van der Waals surface area contributed by atoms with Gasteiger partial charge in [0.1, 0.15) is 0 Å². The van der Waals surface area contributed by atoms with Gasteiger partial charge in [-0.2, -0.15) is 160 Å². The van der Waals surface area contributed by atoms with Gasteiger partial charge in [-0.05, 0) is 12.8 Å². The Bertz CT molecular complexity index is 1590. The smallest absolute Gasteiger partial charge is 0.460 e. The van der Waals surface area contributed by atoms with Gasteiger partial charge in [-0.25, -0.2) is 0 Å². The number of halogens is 35. The van der Waals surface area contributed by atoms with Crippen molar-refractivity contribution in [1.29, 1.82) is 10.5 Å². The third kappa shape index (κ3) is 10.2. The summed E-state index contributed by atoms with van der Waals surface area (Å²) < 4.78 is 462. The van der Waals surface area contributed by atoms with Crippen LogP contribution in [0.4, 0.5) is 149 Å². The lowest BCUT2D eigenvalue weighted by Crippen LogP contribution is -3.00. The van der Waals surface area contributed by atoms with Crippen molar-refractivity contribution in [3.8, 4) is 12.1 Å². The second kappa shape index (κ2) is 19.2. The van der Waals surface area contributed by atoms with Crippen LogP contribution in [0.2, 0.25) is 0 Å². The number of alkyl halides is 34. The zero-order valence-electron chi connectivity index (χ0n) is 30.6. The highest BCUT2D eigenvalue weighted by Crippen LogP contribution is 2.68. The summed E-state index contributed by atoms with van der Waals surface area (Å²) in [7, 11) is -4.21. The molecule has 0 radical (unpaired) electrons. The molecular formula is C28H20F34IN2P. The van der Waals surface area contributed by atoms with Gasteiger partial charge < -0.3 is 24.0 Å². The summed E-state index contributed by atoms with van der Waals surface area (Å²) in [5.41, 5.74) is 0. The van der Waals surface area contributed by atoms with Crippen LogP contribution in [0.3, 0.4) is 0 Å². The van der Waals surface area contributed by atoms with Gasteiger partial charge >= 0.3 is 95.3 Å². The maximum absolute atomic E-state index is 14.5. The molecule has 0 aromatic heterocycles. The van der Waals surface area contributed by atoms with E-state index in [1.54, 1.807) is 0 Å². The second-order valence-corrected chi connectivity index (χ2v) is 18.0. The van der Waals surface area contributed by atoms with E-state index in [2.05, 4.69) is 0 Å². The molecule has 0 fully saturated rings. The standard InChI is InChI=1S/C28H20F34N2P.HI/c29-13(30,15(33,34)17(37,38)19(41,42)21(45,46)23(49,50)25(53,54)27(57,58)59)5-1-9-65(11-3-7-63,12-4-8-64)10-2-6-14(31,32)16(35,36)18(39,40)20(43,44)22(47,48)24(51,52)26(55,56)28(60,61)62;/h1-6,9-12H2;1H/q+1;/p-1. The molecule has 66 heavy (non-hydrogen) atoms. The Labute approximate surface area is 361 Å². The fourth-order valence-electron chi connectivity index (χ4n) is 5.22. The van der Waals surface area contributed by atoms with Crippen molar-refractivity contribution in [3.05, 3.63) is 0 Å². The summed E-state index contributed by atoms with van der Waals surface area (Å²) in [6.07, 6.45) is -34.3. The highest BCUT2D eigenvalue weighted by Gasteiger charge is 2.97. The molecule has 0 bridgehead atoms. The molecule has 392 valence electrons. The number of hydrogen-bond donors (Lipinski definition) is 0. The van der Waals surface area contributed by atoms with Gasteiger partial charge in [-0.15, -0.1) is 0 Å². The van der Waals surface area contributed by atoms with E-state index in [1.165, 1.54) is 0 Å². The van der Waals surface area contributed by atoms with Gasteiger partial charge in [0.05, 0.1) is 49.6 Å². The first kappa shape index (κ1) is 65.8.